The summed E-state index contributed by atoms with van der Waals surface area (Å²) in [6, 6.07) is 7.63. The van der Waals surface area contributed by atoms with E-state index >= 15 is 0 Å². The molecule has 17 heavy (non-hydrogen) atoms. The lowest BCUT2D eigenvalue weighted by atomic mass is 10.2. The van der Waals surface area contributed by atoms with Crippen molar-refractivity contribution in [2.45, 2.75) is 26.2 Å². The molecule has 0 aliphatic carbocycles. The van der Waals surface area contributed by atoms with Crippen molar-refractivity contribution in [3.63, 3.8) is 0 Å². The van der Waals surface area contributed by atoms with Crippen LogP contribution in [-0.2, 0) is 4.79 Å². The zero-order valence-corrected chi connectivity index (χ0v) is 10.2. The number of benzene rings is 1. The highest BCUT2D eigenvalue weighted by atomic mass is 16.2. The largest absolute Gasteiger partial charge is 0.396 e. The molecular weight excluding hydrogens is 216 g/mol. The zero-order chi connectivity index (χ0) is 12.5. The predicted molar refractivity (Wildman–Crippen MR) is 70.2 cm³/mol. The number of anilines is 2. The van der Waals surface area contributed by atoms with Crippen LogP contribution in [0.2, 0.25) is 0 Å². The Bertz CT molecular complexity index is 336. The molecule has 0 aromatic heterocycles. The number of rotatable bonds is 7. The van der Waals surface area contributed by atoms with Crippen molar-refractivity contribution < 1.29 is 9.90 Å². The first kappa shape index (κ1) is 13.5. The quantitative estimate of drug-likeness (QED) is 0.636. The second-order valence-corrected chi connectivity index (χ2v) is 3.97. The van der Waals surface area contributed by atoms with Crippen LogP contribution in [0.5, 0.6) is 0 Å². The molecule has 0 spiro atoms. The fourth-order valence-electron chi connectivity index (χ4n) is 1.52. The summed E-state index contributed by atoms with van der Waals surface area (Å²) in [5, 5.41) is 14.6. The summed E-state index contributed by atoms with van der Waals surface area (Å²) in [4.78, 5) is 10.8. The molecule has 0 aliphatic rings. The van der Waals surface area contributed by atoms with Crippen LogP contribution in [0.4, 0.5) is 11.4 Å². The number of hydrogen-bond donors (Lipinski definition) is 3. The van der Waals surface area contributed by atoms with Gasteiger partial charge in [0, 0.05) is 31.5 Å². The minimum atomic E-state index is -0.0605. The molecule has 4 nitrogen and oxygen atoms in total. The van der Waals surface area contributed by atoms with Crippen LogP contribution in [0, 0.1) is 0 Å². The fourth-order valence-corrected chi connectivity index (χ4v) is 1.52. The maximum absolute atomic E-state index is 10.8. The average molecular weight is 236 g/mol. The topological polar surface area (TPSA) is 61.4 Å². The van der Waals surface area contributed by atoms with Gasteiger partial charge in [-0.15, -0.1) is 0 Å². The Morgan fingerprint density at radius 2 is 1.76 bits per heavy atom. The van der Waals surface area contributed by atoms with E-state index < -0.39 is 0 Å². The summed E-state index contributed by atoms with van der Waals surface area (Å²) >= 11 is 0. The third-order valence-electron chi connectivity index (χ3n) is 2.37. The van der Waals surface area contributed by atoms with Crippen LogP contribution >= 0.6 is 0 Å². The molecule has 0 saturated heterocycles. The second-order valence-electron chi connectivity index (χ2n) is 3.97. The molecule has 0 bridgehead atoms. The Balaban J connectivity index is 2.28. The van der Waals surface area contributed by atoms with Gasteiger partial charge >= 0.3 is 0 Å². The second kappa shape index (κ2) is 7.68. The van der Waals surface area contributed by atoms with Crippen LogP contribution < -0.4 is 10.6 Å². The Kier molecular flexibility index (Phi) is 6.10. The standard InChI is InChI=1S/C13H20N2O2/c1-11(17)15-13-7-5-12(6-8-13)14-9-3-2-4-10-16/h5-8,14,16H,2-4,9-10H2,1H3,(H,15,17). The van der Waals surface area contributed by atoms with Crippen LogP contribution in [0.3, 0.4) is 0 Å². The Morgan fingerprint density at radius 3 is 2.35 bits per heavy atom. The molecule has 3 N–H and O–H groups in total. The van der Waals surface area contributed by atoms with Gasteiger partial charge < -0.3 is 15.7 Å². The van der Waals surface area contributed by atoms with Crippen LogP contribution in [-0.4, -0.2) is 24.2 Å². The number of carbonyl (C=O) groups excluding carboxylic acids is 1. The first-order valence-electron chi connectivity index (χ1n) is 5.95. The maximum atomic E-state index is 10.8. The third kappa shape index (κ3) is 5.92. The summed E-state index contributed by atoms with van der Waals surface area (Å²) < 4.78 is 0. The van der Waals surface area contributed by atoms with Gasteiger partial charge in [0.1, 0.15) is 0 Å². The molecule has 1 aromatic carbocycles. The van der Waals surface area contributed by atoms with E-state index in [1.165, 1.54) is 6.92 Å². The molecule has 1 rings (SSSR count). The molecule has 94 valence electrons. The summed E-state index contributed by atoms with van der Waals surface area (Å²) in [7, 11) is 0. The van der Waals surface area contributed by atoms with Crippen molar-refractivity contribution >= 4 is 17.3 Å². The number of unbranched alkanes of at least 4 members (excludes halogenated alkanes) is 2. The van der Waals surface area contributed by atoms with Gasteiger partial charge in [-0.2, -0.15) is 0 Å². The zero-order valence-electron chi connectivity index (χ0n) is 10.2. The van der Waals surface area contributed by atoms with E-state index in [1.807, 2.05) is 24.3 Å². The molecule has 1 aromatic rings. The van der Waals surface area contributed by atoms with Gasteiger partial charge in [-0.3, -0.25) is 4.79 Å². The highest BCUT2D eigenvalue weighted by Gasteiger charge is 1.96. The predicted octanol–water partition coefficient (Wildman–Crippen LogP) is 2.22. The smallest absolute Gasteiger partial charge is 0.221 e. The maximum Gasteiger partial charge on any atom is 0.221 e. The van der Waals surface area contributed by atoms with Crippen molar-refractivity contribution in [2.24, 2.45) is 0 Å². The number of aliphatic hydroxyl groups excluding tert-OH is 1. The number of amides is 1. The molecule has 0 radical (unpaired) electrons. The molecule has 0 atom stereocenters. The van der Waals surface area contributed by atoms with Gasteiger partial charge in [0.05, 0.1) is 0 Å². The molecular formula is C13H20N2O2. The number of carbonyl (C=O) groups is 1. The van der Waals surface area contributed by atoms with E-state index in [0.717, 1.165) is 37.2 Å². The lowest BCUT2D eigenvalue weighted by Crippen LogP contribution is -2.06. The Labute approximate surface area is 102 Å². The highest BCUT2D eigenvalue weighted by Crippen LogP contribution is 2.13. The van der Waals surface area contributed by atoms with E-state index in [0.29, 0.717) is 0 Å². The van der Waals surface area contributed by atoms with Gasteiger partial charge in [0.2, 0.25) is 5.91 Å². The molecule has 0 aliphatic heterocycles. The normalized spacial score (nSPS) is 10.0. The van der Waals surface area contributed by atoms with Crippen molar-refractivity contribution in [3.8, 4) is 0 Å². The molecule has 4 heteroatoms. The number of aliphatic hydroxyl groups is 1. The van der Waals surface area contributed by atoms with E-state index in [1.54, 1.807) is 0 Å². The van der Waals surface area contributed by atoms with Gasteiger partial charge in [-0.05, 0) is 43.5 Å². The minimum Gasteiger partial charge on any atom is -0.396 e. The van der Waals surface area contributed by atoms with E-state index in [2.05, 4.69) is 10.6 Å². The van der Waals surface area contributed by atoms with Gasteiger partial charge in [0.25, 0.3) is 0 Å². The minimum absolute atomic E-state index is 0.0605. The van der Waals surface area contributed by atoms with Gasteiger partial charge in [-0.25, -0.2) is 0 Å². The number of nitrogens with one attached hydrogen (secondary N) is 2. The monoisotopic (exact) mass is 236 g/mol. The lowest BCUT2D eigenvalue weighted by molar-refractivity contribution is -0.114. The van der Waals surface area contributed by atoms with Crippen LogP contribution in [0.15, 0.2) is 24.3 Å². The van der Waals surface area contributed by atoms with Crippen molar-refractivity contribution in [1.29, 1.82) is 0 Å². The van der Waals surface area contributed by atoms with E-state index in [9.17, 15) is 4.79 Å². The average Bonchev–Trinajstić information content (AvgIpc) is 2.30. The van der Waals surface area contributed by atoms with Crippen LogP contribution in [0.25, 0.3) is 0 Å². The molecule has 0 saturated carbocycles. The lowest BCUT2D eigenvalue weighted by Gasteiger charge is -2.07. The highest BCUT2D eigenvalue weighted by molar-refractivity contribution is 5.88. The Hall–Kier alpha value is -1.55. The SMILES string of the molecule is CC(=O)Nc1ccc(NCCCCCO)cc1. The first-order chi connectivity index (χ1) is 8.22. The summed E-state index contributed by atoms with van der Waals surface area (Å²) in [6.07, 6.45) is 2.95. The van der Waals surface area contributed by atoms with Crippen molar-refractivity contribution in [2.75, 3.05) is 23.8 Å². The van der Waals surface area contributed by atoms with Crippen molar-refractivity contribution in [3.05, 3.63) is 24.3 Å². The van der Waals surface area contributed by atoms with E-state index in [4.69, 9.17) is 5.11 Å². The van der Waals surface area contributed by atoms with Crippen LogP contribution in [0.1, 0.15) is 26.2 Å². The summed E-state index contributed by atoms with van der Waals surface area (Å²) in [6.45, 7) is 2.66. The molecule has 0 unspecified atom stereocenters. The first-order valence-corrected chi connectivity index (χ1v) is 5.95. The van der Waals surface area contributed by atoms with Gasteiger partial charge in [-0.1, -0.05) is 0 Å². The Morgan fingerprint density at radius 1 is 1.12 bits per heavy atom. The number of hydrogen-bond acceptors (Lipinski definition) is 3. The molecule has 1 amide bonds. The molecule has 0 fully saturated rings. The van der Waals surface area contributed by atoms with Crippen molar-refractivity contribution in [1.82, 2.24) is 0 Å². The third-order valence-corrected chi connectivity index (χ3v) is 2.37. The summed E-state index contributed by atoms with van der Waals surface area (Å²) in [5.41, 5.74) is 1.85. The van der Waals surface area contributed by atoms with Gasteiger partial charge in [0.15, 0.2) is 0 Å². The van der Waals surface area contributed by atoms with E-state index in [-0.39, 0.29) is 12.5 Å². The molecule has 0 heterocycles. The fraction of sp³-hybridized carbons (Fsp3) is 0.462. The summed E-state index contributed by atoms with van der Waals surface area (Å²) in [5.74, 6) is -0.0605.